The highest BCUT2D eigenvalue weighted by Crippen LogP contribution is 2.25. The van der Waals surface area contributed by atoms with Crippen LogP contribution >= 0.6 is 0 Å². The van der Waals surface area contributed by atoms with Crippen LogP contribution in [0.4, 0.5) is 0 Å². The van der Waals surface area contributed by atoms with Crippen molar-refractivity contribution in [1.29, 1.82) is 0 Å². The molecule has 88 valence electrons. The predicted molar refractivity (Wildman–Crippen MR) is 66.0 cm³/mol. The average Bonchev–Trinajstić information content (AvgIpc) is 2.29. The number of hydrogen-bond donors (Lipinski definition) is 1. The van der Waals surface area contributed by atoms with E-state index in [1.807, 2.05) is 0 Å². The van der Waals surface area contributed by atoms with Crippen molar-refractivity contribution in [3.63, 3.8) is 0 Å². The summed E-state index contributed by atoms with van der Waals surface area (Å²) in [4.78, 5) is 2.40. The third-order valence-electron chi connectivity index (χ3n) is 3.31. The Morgan fingerprint density at radius 2 is 2.25 bits per heavy atom. The lowest BCUT2D eigenvalue weighted by Crippen LogP contribution is -2.43. The molecule has 0 saturated carbocycles. The van der Waals surface area contributed by atoms with Crippen molar-refractivity contribution < 1.29 is 4.74 Å². The molecule has 0 aromatic heterocycles. The molecule has 0 aliphatic carbocycles. The van der Waals surface area contributed by atoms with Crippen LogP contribution < -0.4 is 10.1 Å². The first kappa shape index (κ1) is 11.4. The normalized spacial score (nSPS) is 22.1. The molecule has 1 heterocycles. The first-order valence-corrected chi connectivity index (χ1v) is 5.78. The largest absolute Gasteiger partial charge is 0.496 e. The zero-order valence-corrected chi connectivity index (χ0v) is 10.3. The summed E-state index contributed by atoms with van der Waals surface area (Å²) < 4.78 is 5.28. The Bertz CT molecular complexity index is 365. The van der Waals surface area contributed by atoms with Gasteiger partial charge in [-0.3, -0.25) is 4.90 Å². The summed E-state index contributed by atoms with van der Waals surface area (Å²) in [7, 11) is 3.90. The van der Waals surface area contributed by atoms with E-state index in [1.54, 1.807) is 7.11 Å². The van der Waals surface area contributed by atoms with Gasteiger partial charge in [0, 0.05) is 25.7 Å². The first-order valence-electron chi connectivity index (χ1n) is 5.78. The third kappa shape index (κ3) is 2.20. The van der Waals surface area contributed by atoms with Crippen LogP contribution in [0.25, 0.3) is 0 Å². The van der Waals surface area contributed by atoms with Crippen molar-refractivity contribution in [3.05, 3.63) is 29.3 Å². The van der Waals surface area contributed by atoms with Crippen molar-refractivity contribution in [1.82, 2.24) is 10.2 Å². The van der Waals surface area contributed by atoms with E-state index in [4.69, 9.17) is 4.74 Å². The zero-order valence-electron chi connectivity index (χ0n) is 10.3. The van der Waals surface area contributed by atoms with Crippen molar-refractivity contribution in [2.75, 3.05) is 33.8 Å². The lowest BCUT2D eigenvalue weighted by atomic mass is 10.0. The number of aryl methyl sites for hydroxylation is 1. The van der Waals surface area contributed by atoms with E-state index in [9.17, 15) is 0 Å². The Hall–Kier alpha value is -1.06. The van der Waals surface area contributed by atoms with E-state index in [0.717, 1.165) is 25.4 Å². The van der Waals surface area contributed by atoms with Crippen molar-refractivity contribution in [3.8, 4) is 5.75 Å². The third-order valence-corrected chi connectivity index (χ3v) is 3.31. The number of piperazine rings is 1. The van der Waals surface area contributed by atoms with E-state index in [1.165, 1.54) is 11.1 Å². The van der Waals surface area contributed by atoms with Crippen molar-refractivity contribution in [2.24, 2.45) is 0 Å². The van der Waals surface area contributed by atoms with Gasteiger partial charge in [-0.2, -0.15) is 0 Å². The number of benzene rings is 1. The number of rotatable bonds is 2. The van der Waals surface area contributed by atoms with Gasteiger partial charge in [-0.1, -0.05) is 12.1 Å². The Morgan fingerprint density at radius 1 is 1.44 bits per heavy atom. The van der Waals surface area contributed by atoms with Crippen LogP contribution in [0.2, 0.25) is 0 Å². The number of hydrogen-bond acceptors (Lipinski definition) is 3. The first-order chi connectivity index (χ1) is 7.72. The number of likely N-dealkylation sites (N-methyl/N-ethyl adjacent to an activating group) is 1. The van der Waals surface area contributed by atoms with Gasteiger partial charge in [0.05, 0.1) is 7.11 Å². The van der Waals surface area contributed by atoms with Gasteiger partial charge in [0.2, 0.25) is 0 Å². The second-order valence-corrected chi connectivity index (χ2v) is 4.43. The maximum Gasteiger partial charge on any atom is 0.121 e. The molecule has 16 heavy (non-hydrogen) atoms. The molecule has 1 unspecified atom stereocenters. The van der Waals surface area contributed by atoms with Crippen LogP contribution in [0.3, 0.4) is 0 Å². The van der Waals surface area contributed by atoms with Gasteiger partial charge in [0.15, 0.2) is 0 Å². The van der Waals surface area contributed by atoms with Crippen LogP contribution in [0.15, 0.2) is 18.2 Å². The van der Waals surface area contributed by atoms with Crippen molar-refractivity contribution in [2.45, 2.75) is 13.0 Å². The summed E-state index contributed by atoms with van der Waals surface area (Å²) in [6.07, 6.45) is 0. The monoisotopic (exact) mass is 220 g/mol. The van der Waals surface area contributed by atoms with E-state index in [2.05, 4.69) is 42.4 Å². The smallest absolute Gasteiger partial charge is 0.121 e. The fourth-order valence-electron chi connectivity index (χ4n) is 2.29. The molecule has 1 atom stereocenters. The molecule has 1 aromatic carbocycles. The molecule has 1 N–H and O–H groups in total. The molecule has 3 heteroatoms. The van der Waals surface area contributed by atoms with Gasteiger partial charge in [0.25, 0.3) is 0 Å². The Kier molecular flexibility index (Phi) is 3.46. The Morgan fingerprint density at radius 3 is 2.88 bits per heavy atom. The number of nitrogens with zero attached hydrogens (tertiary/aromatic N) is 1. The molecule has 2 rings (SSSR count). The van der Waals surface area contributed by atoms with E-state index in [-0.39, 0.29) is 0 Å². The van der Waals surface area contributed by atoms with Crippen LogP contribution in [-0.4, -0.2) is 38.7 Å². The van der Waals surface area contributed by atoms with Crippen molar-refractivity contribution >= 4 is 0 Å². The van der Waals surface area contributed by atoms with Gasteiger partial charge < -0.3 is 10.1 Å². The molecule has 1 fully saturated rings. The fourth-order valence-corrected chi connectivity index (χ4v) is 2.29. The summed E-state index contributed by atoms with van der Waals surface area (Å²) in [5.74, 6) is 0.968. The highest BCUT2D eigenvalue weighted by atomic mass is 16.5. The molecule has 0 radical (unpaired) electrons. The van der Waals surface area contributed by atoms with Crippen LogP contribution in [0.5, 0.6) is 5.75 Å². The second-order valence-electron chi connectivity index (χ2n) is 4.43. The lowest BCUT2D eigenvalue weighted by Gasteiger charge is -2.33. The minimum Gasteiger partial charge on any atom is -0.496 e. The van der Waals surface area contributed by atoms with Gasteiger partial charge in [0.1, 0.15) is 5.75 Å². The minimum atomic E-state index is 0.485. The lowest BCUT2D eigenvalue weighted by molar-refractivity contribution is 0.202. The second kappa shape index (κ2) is 4.85. The highest BCUT2D eigenvalue weighted by molar-refractivity contribution is 5.37. The summed E-state index contributed by atoms with van der Waals surface area (Å²) in [6, 6.07) is 6.94. The van der Waals surface area contributed by atoms with Crippen LogP contribution in [-0.2, 0) is 0 Å². The van der Waals surface area contributed by atoms with E-state index in [0.29, 0.717) is 6.04 Å². The molecular formula is C13H20N2O. The molecule has 0 bridgehead atoms. The van der Waals surface area contributed by atoms with Gasteiger partial charge >= 0.3 is 0 Å². The number of methoxy groups -OCH3 is 1. The topological polar surface area (TPSA) is 24.5 Å². The standard InChI is InChI=1S/C13H20N2O/c1-10-8-11(4-5-13(10)16-3)12-9-14-6-7-15(12)2/h4-5,8,12,14H,6-7,9H2,1-3H3. The Labute approximate surface area is 97.4 Å². The summed E-state index contributed by atoms with van der Waals surface area (Å²) >= 11 is 0. The maximum atomic E-state index is 5.28. The summed E-state index contributed by atoms with van der Waals surface area (Å²) in [5, 5.41) is 3.44. The van der Waals surface area contributed by atoms with Crippen LogP contribution in [0.1, 0.15) is 17.2 Å². The number of nitrogens with one attached hydrogen (secondary N) is 1. The number of ether oxygens (including phenoxy) is 1. The molecule has 0 spiro atoms. The quantitative estimate of drug-likeness (QED) is 0.819. The molecule has 3 nitrogen and oxygen atoms in total. The molecule has 0 amide bonds. The molecule has 1 aliphatic heterocycles. The summed E-state index contributed by atoms with van der Waals surface area (Å²) in [5.41, 5.74) is 2.58. The van der Waals surface area contributed by atoms with Gasteiger partial charge in [-0.15, -0.1) is 0 Å². The minimum absolute atomic E-state index is 0.485. The highest BCUT2D eigenvalue weighted by Gasteiger charge is 2.20. The average molecular weight is 220 g/mol. The van der Waals surface area contributed by atoms with Gasteiger partial charge in [-0.05, 0) is 31.2 Å². The van der Waals surface area contributed by atoms with E-state index < -0.39 is 0 Å². The van der Waals surface area contributed by atoms with E-state index >= 15 is 0 Å². The summed E-state index contributed by atoms with van der Waals surface area (Å²) in [6.45, 7) is 5.32. The predicted octanol–water partition coefficient (Wildman–Crippen LogP) is 1.58. The fraction of sp³-hybridized carbons (Fsp3) is 0.538. The molecular weight excluding hydrogens is 200 g/mol. The molecule has 1 aromatic rings. The SMILES string of the molecule is COc1ccc(C2CNCCN2C)cc1C. The Balaban J connectivity index is 2.22. The van der Waals surface area contributed by atoms with Gasteiger partial charge in [-0.25, -0.2) is 0 Å². The maximum absolute atomic E-state index is 5.28. The molecule has 1 aliphatic rings. The van der Waals surface area contributed by atoms with Crippen LogP contribution in [0, 0.1) is 6.92 Å². The molecule has 1 saturated heterocycles. The zero-order chi connectivity index (χ0) is 11.5.